The minimum atomic E-state index is -0.237. The molecule has 1 N–H and O–H groups in total. The number of benzene rings is 1. The topological polar surface area (TPSA) is 73.3 Å². The number of nitrogens with zero attached hydrogens (tertiary/aromatic N) is 2. The zero-order valence-corrected chi connectivity index (χ0v) is 15.5. The summed E-state index contributed by atoms with van der Waals surface area (Å²) in [5.74, 6) is 1.22. The molecular weight excluding hydrogens is 370 g/mol. The van der Waals surface area contributed by atoms with Crippen molar-refractivity contribution in [2.24, 2.45) is 0 Å². The van der Waals surface area contributed by atoms with Crippen molar-refractivity contribution in [1.82, 2.24) is 9.97 Å². The van der Waals surface area contributed by atoms with Gasteiger partial charge in [-0.05, 0) is 31.2 Å². The lowest BCUT2D eigenvalue weighted by atomic mass is 10.1. The third kappa shape index (κ3) is 3.76. The minimum Gasteiger partial charge on any atom is -0.486 e. The Kier molecular flexibility index (Phi) is 4.68. The maximum absolute atomic E-state index is 12.0. The number of thiazole rings is 2. The lowest BCUT2D eigenvalue weighted by molar-refractivity contribution is -0.111. The van der Waals surface area contributed by atoms with Crippen molar-refractivity contribution in [3.63, 3.8) is 0 Å². The molecule has 0 radical (unpaired) electrons. The van der Waals surface area contributed by atoms with E-state index in [1.54, 1.807) is 17.4 Å². The van der Waals surface area contributed by atoms with E-state index in [9.17, 15) is 4.79 Å². The van der Waals surface area contributed by atoms with Crippen LogP contribution in [0.25, 0.3) is 17.3 Å². The zero-order chi connectivity index (χ0) is 17.9. The van der Waals surface area contributed by atoms with E-state index in [1.807, 2.05) is 35.9 Å². The molecule has 4 rings (SSSR count). The molecule has 6 nitrogen and oxygen atoms in total. The van der Waals surface area contributed by atoms with Crippen molar-refractivity contribution < 1.29 is 14.3 Å². The molecule has 1 aliphatic heterocycles. The van der Waals surface area contributed by atoms with Crippen LogP contribution in [0.3, 0.4) is 0 Å². The Morgan fingerprint density at radius 3 is 2.81 bits per heavy atom. The Labute approximate surface area is 158 Å². The minimum absolute atomic E-state index is 0.237. The van der Waals surface area contributed by atoms with Crippen LogP contribution in [-0.2, 0) is 4.79 Å². The molecular formula is C18H15N3O3S2. The number of carbonyl (C=O) groups is 1. The van der Waals surface area contributed by atoms with Crippen LogP contribution in [0.5, 0.6) is 11.5 Å². The molecule has 132 valence electrons. The van der Waals surface area contributed by atoms with E-state index in [1.165, 1.54) is 17.4 Å². The summed E-state index contributed by atoms with van der Waals surface area (Å²) in [6.07, 6.45) is 3.15. The fourth-order valence-electron chi connectivity index (χ4n) is 2.43. The third-order valence-electron chi connectivity index (χ3n) is 3.61. The molecule has 0 bridgehead atoms. The van der Waals surface area contributed by atoms with E-state index in [0.29, 0.717) is 24.1 Å². The molecule has 2 aromatic heterocycles. The average Bonchev–Trinajstić information content (AvgIpc) is 3.28. The summed E-state index contributed by atoms with van der Waals surface area (Å²) in [7, 11) is 0. The van der Waals surface area contributed by atoms with Crippen LogP contribution in [-0.4, -0.2) is 29.1 Å². The summed E-state index contributed by atoms with van der Waals surface area (Å²) in [5.41, 5.74) is 2.47. The summed E-state index contributed by atoms with van der Waals surface area (Å²) in [5, 5.41) is 8.08. The molecule has 1 aliphatic rings. The number of amides is 1. The van der Waals surface area contributed by atoms with Gasteiger partial charge in [0, 0.05) is 22.4 Å². The Bertz CT molecular complexity index is 978. The maximum atomic E-state index is 12.0. The lowest BCUT2D eigenvalue weighted by Crippen LogP contribution is -2.15. The van der Waals surface area contributed by atoms with Gasteiger partial charge in [-0.2, -0.15) is 0 Å². The predicted molar refractivity (Wildman–Crippen MR) is 103 cm³/mol. The van der Waals surface area contributed by atoms with E-state index >= 15 is 0 Å². The van der Waals surface area contributed by atoms with Gasteiger partial charge in [0.2, 0.25) is 5.91 Å². The van der Waals surface area contributed by atoms with Gasteiger partial charge in [-0.3, -0.25) is 10.1 Å². The molecule has 1 aromatic carbocycles. The van der Waals surface area contributed by atoms with Crippen molar-refractivity contribution >= 4 is 39.8 Å². The summed E-state index contributed by atoms with van der Waals surface area (Å²) < 4.78 is 11.1. The summed E-state index contributed by atoms with van der Waals surface area (Å²) in [6, 6.07) is 5.71. The Balaban J connectivity index is 1.44. The highest BCUT2D eigenvalue weighted by Gasteiger charge is 2.14. The fourth-order valence-corrected chi connectivity index (χ4v) is 3.73. The molecule has 0 fully saturated rings. The highest BCUT2D eigenvalue weighted by Crippen LogP contribution is 2.35. The Morgan fingerprint density at radius 2 is 2.00 bits per heavy atom. The van der Waals surface area contributed by atoms with Crippen LogP contribution in [0.4, 0.5) is 5.13 Å². The molecule has 3 aromatic rings. The summed E-state index contributed by atoms with van der Waals surface area (Å²) in [6.45, 7) is 3.03. The SMILES string of the molecule is Cc1nc(/C=C/C(=O)Nc2nc(-c3ccc4c(c3)OCCO4)cs2)cs1. The number of rotatable bonds is 4. The number of aromatic nitrogens is 2. The van der Waals surface area contributed by atoms with Gasteiger partial charge in [0.1, 0.15) is 13.2 Å². The third-order valence-corrected chi connectivity index (χ3v) is 5.16. The van der Waals surface area contributed by atoms with Gasteiger partial charge in [-0.25, -0.2) is 9.97 Å². The number of fused-ring (bicyclic) bond motifs is 1. The molecule has 0 saturated heterocycles. The van der Waals surface area contributed by atoms with Crippen LogP contribution in [0.2, 0.25) is 0 Å². The molecule has 1 amide bonds. The highest BCUT2D eigenvalue weighted by molar-refractivity contribution is 7.14. The smallest absolute Gasteiger partial charge is 0.250 e. The monoisotopic (exact) mass is 385 g/mol. The molecule has 0 saturated carbocycles. The second-order valence-electron chi connectivity index (χ2n) is 5.51. The average molecular weight is 385 g/mol. The van der Waals surface area contributed by atoms with E-state index in [2.05, 4.69) is 15.3 Å². The molecule has 8 heteroatoms. The van der Waals surface area contributed by atoms with Crippen LogP contribution in [0, 0.1) is 6.92 Å². The zero-order valence-electron chi connectivity index (χ0n) is 13.9. The lowest BCUT2D eigenvalue weighted by Gasteiger charge is -2.18. The molecule has 26 heavy (non-hydrogen) atoms. The molecule has 0 aliphatic carbocycles. The number of hydrogen-bond donors (Lipinski definition) is 1. The van der Waals surface area contributed by atoms with Crippen molar-refractivity contribution in [1.29, 1.82) is 0 Å². The first kappa shape index (κ1) is 16.7. The Hall–Kier alpha value is -2.71. The van der Waals surface area contributed by atoms with E-state index < -0.39 is 0 Å². The number of ether oxygens (including phenoxy) is 2. The van der Waals surface area contributed by atoms with Crippen molar-refractivity contribution in [2.75, 3.05) is 18.5 Å². The first-order valence-corrected chi connectivity index (χ1v) is 9.70. The van der Waals surface area contributed by atoms with Gasteiger partial charge in [0.15, 0.2) is 16.6 Å². The second kappa shape index (κ2) is 7.27. The van der Waals surface area contributed by atoms with Crippen molar-refractivity contribution in [3.8, 4) is 22.8 Å². The summed E-state index contributed by atoms with van der Waals surface area (Å²) >= 11 is 2.92. The molecule has 0 unspecified atom stereocenters. The van der Waals surface area contributed by atoms with Crippen molar-refractivity contribution in [3.05, 3.63) is 45.7 Å². The Morgan fingerprint density at radius 1 is 1.15 bits per heavy atom. The number of hydrogen-bond acceptors (Lipinski definition) is 7. The van der Waals surface area contributed by atoms with Gasteiger partial charge in [0.25, 0.3) is 0 Å². The highest BCUT2D eigenvalue weighted by atomic mass is 32.1. The number of aryl methyl sites for hydroxylation is 1. The summed E-state index contributed by atoms with van der Waals surface area (Å²) in [4.78, 5) is 20.8. The molecule has 0 atom stereocenters. The maximum Gasteiger partial charge on any atom is 0.250 e. The fraction of sp³-hybridized carbons (Fsp3) is 0.167. The van der Waals surface area contributed by atoms with Crippen LogP contribution in [0.1, 0.15) is 10.7 Å². The van der Waals surface area contributed by atoms with Gasteiger partial charge < -0.3 is 9.47 Å². The van der Waals surface area contributed by atoms with Crippen LogP contribution < -0.4 is 14.8 Å². The van der Waals surface area contributed by atoms with Crippen LogP contribution in [0.15, 0.2) is 35.0 Å². The van der Waals surface area contributed by atoms with Gasteiger partial charge in [-0.1, -0.05) is 0 Å². The van der Waals surface area contributed by atoms with E-state index in [0.717, 1.165) is 27.7 Å². The number of nitrogens with one attached hydrogen (secondary N) is 1. The van der Waals surface area contributed by atoms with Gasteiger partial charge in [-0.15, -0.1) is 22.7 Å². The molecule has 0 spiro atoms. The van der Waals surface area contributed by atoms with E-state index in [-0.39, 0.29) is 5.91 Å². The van der Waals surface area contributed by atoms with Gasteiger partial charge in [0.05, 0.1) is 16.4 Å². The first-order valence-electron chi connectivity index (χ1n) is 7.94. The normalized spacial score (nSPS) is 13.1. The quantitative estimate of drug-likeness (QED) is 0.687. The second-order valence-corrected chi connectivity index (χ2v) is 7.43. The van der Waals surface area contributed by atoms with Gasteiger partial charge >= 0.3 is 0 Å². The standard InChI is InChI=1S/C18H15N3O3S2/c1-11-19-13(9-25-11)3-5-17(22)21-18-20-14(10-26-18)12-2-4-15-16(8-12)24-7-6-23-15/h2-5,8-10H,6-7H2,1H3,(H,20,21,22)/b5-3+. The molecule has 3 heterocycles. The number of anilines is 1. The predicted octanol–water partition coefficient (Wildman–Crippen LogP) is 4.00. The number of carbonyl (C=O) groups excluding carboxylic acids is 1. The first-order chi connectivity index (χ1) is 12.7. The van der Waals surface area contributed by atoms with Crippen LogP contribution >= 0.6 is 22.7 Å². The van der Waals surface area contributed by atoms with E-state index in [4.69, 9.17) is 9.47 Å². The van der Waals surface area contributed by atoms with Crippen molar-refractivity contribution in [2.45, 2.75) is 6.92 Å². The largest absolute Gasteiger partial charge is 0.486 e.